The topological polar surface area (TPSA) is 106 Å². The van der Waals surface area contributed by atoms with Crippen LogP contribution in [0.4, 0.5) is 4.39 Å². The van der Waals surface area contributed by atoms with E-state index in [-0.39, 0.29) is 17.2 Å². The zero-order valence-electron chi connectivity index (χ0n) is 18.0. The van der Waals surface area contributed by atoms with E-state index < -0.39 is 17.8 Å². The molecule has 1 aliphatic rings. The molecule has 0 amide bonds. The Kier molecular flexibility index (Phi) is 4.70. The number of fused-ring (bicyclic) bond motifs is 2. The van der Waals surface area contributed by atoms with E-state index >= 15 is 0 Å². The number of carboxylic acid groups (broad SMARTS) is 2. The van der Waals surface area contributed by atoms with Gasteiger partial charge < -0.3 is 20.2 Å². The Hall–Kier alpha value is -4.13. The molecule has 0 unspecified atom stereocenters. The van der Waals surface area contributed by atoms with Crippen molar-refractivity contribution in [3.05, 3.63) is 76.4 Å². The Morgan fingerprint density at radius 3 is 2.55 bits per heavy atom. The first-order valence-corrected chi connectivity index (χ1v) is 10.6. The number of hydrogen-bond donors (Lipinski definition) is 4. The summed E-state index contributed by atoms with van der Waals surface area (Å²) in [7, 11) is 0. The second-order valence-electron chi connectivity index (χ2n) is 8.52. The lowest BCUT2D eigenvalue weighted by atomic mass is 9.86. The van der Waals surface area contributed by atoms with E-state index in [1.807, 2.05) is 32.1 Å². The molecule has 0 fully saturated rings. The van der Waals surface area contributed by atoms with Gasteiger partial charge in [0.1, 0.15) is 11.5 Å². The van der Waals surface area contributed by atoms with Crippen LogP contribution in [0.1, 0.15) is 57.3 Å². The van der Waals surface area contributed by atoms with Gasteiger partial charge in [0.15, 0.2) is 0 Å². The largest absolute Gasteiger partial charge is 0.478 e. The smallest absolute Gasteiger partial charge is 0.352 e. The fourth-order valence-corrected chi connectivity index (χ4v) is 4.80. The second kappa shape index (κ2) is 7.48. The summed E-state index contributed by atoms with van der Waals surface area (Å²) in [6.45, 7) is 3.87. The van der Waals surface area contributed by atoms with Crippen molar-refractivity contribution in [1.82, 2.24) is 9.97 Å². The lowest BCUT2D eigenvalue weighted by Crippen LogP contribution is -2.04. The van der Waals surface area contributed by atoms with E-state index in [1.54, 1.807) is 12.3 Å². The van der Waals surface area contributed by atoms with Gasteiger partial charge in [-0.2, -0.15) is 0 Å². The SMILES string of the molecule is CC(C)c1c(-c2cc(F)cc3[nH]ccc23)[nH]c(C(=O)O)c1-c1cc(C(=O)O)cc2c1C=CC2. The van der Waals surface area contributed by atoms with E-state index in [2.05, 4.69) is 9.97 Å². The molecule has 7 heteroatoms. The van der Waals surface area contributed by atoms with Gasteiger partial charge in [-0.25, -0.2) is 14.0 Å². The molecule has 2 aromatic heterocycles. The van der Waals surface area contributed by atoms with Gasteiger partial charge in [0.05, 0.1) is 11.3 Å². The number of rotatable bonds is 5. The number of carboxylic acids is 2. The maximum Gasteiger partial charge on any atom is 0.352 e. The zero-order valence-corrected chi connectivity index (χ0v) is 18.0. The summed E-state index contributed by atoms with van der Waals surface area (Å²) in [5.41, 5.74) is 5.03. The van der Waals surface area contributed by atoms with Crippen LogP contribution in [0.3, 0.4) is 0 Å². The minimum atomic E-state index is -1.17. The van der Waals surface area contributed by atoms with Gasteiger partial charge in [-0.15, -0.1) is 0 Å². The van der Waals surface area contributed by atoms with Crippen molar-refractivity contribution in [2.75, 3.05) is 0 Å². The van der Waals surface area contributed by atoms with Crippen molar-refractivity contribution in [3.63, 3.8) is 0 Å². The van der Waals surface area contributed by atoms with E-state index in [9.17, 15) is 24.2 Å². The fourth-order valence-electron chi connectivity index (χ4n) is 4.80. The Bertz CT molecular complexity index is 1490. The van der Waals surface area contributed by atoms with Crippen molar-refractivity contribution in [3.8, 4) is 22.4 Å². The van der Waals surface area contributed by atoms with E-state index in [0.29, 0.717) is 39.9 Å². The first-order chi connectivity index (χ1) is 15.8. The van der Waals surface area contributed by atoms with Crippen LogP contribution in [-0.4, -0.2) is 32.1 Å². The first kappa shape index (κ1) is 20.8. The number of aromatic carboxylic acids is 2. The van der Waals surface area contributed by atoms with Crippen LogP contribution in [0.15, 0.2) is 42.6 Å². The van der Waals surface area contributed by atoms with Gasteiger partial charge in [-0.3, -0.25) is 0 Å². The number of allylic oxidation sites excluding steroid dienone is 1. The van der Waals surface area contributed by atoms with Crippen molar-refractivity contribution >= 4 is 28.9 Å². The Labute approximate surface area is 188 Å². The summed E-state index contributed by atoms with van der Waals surface area (Å²) < 4.78 is 14.5. The van der Waals surface area contributed by atoms with Gasteiger partial charge >= 0.3 is 11.9 Å². The molecule has 0 bridgehead atoms. The quantitative estimate of drug-likeness (QED) is 0.300. The molecule has 0 saturated heterocycles. The lowest BCUT2D eigenvalue weighted by molar-refractivity contribution is 0.0684. The number of aromatic amines is 2. The molecule has 166 valence electrons. The van der Waals surface area contributed by atoms with E-state index in [0.717, 1.165) is 16.5 Å². The van der Waals surface area contributed by atoms with Crippen LogP contribution >= 0.6 is 0 Å². The number of nitrogens with one attached hydrogen (secondary N) is 2. The van der Waals surface area contributed by atoms with Gasteiger partial charge in [0.25, 0.3) is 0 Å². The van der Waals surface area contributed by atoms with Crippen molar-refractivity contribution in [2.45, 2.75) is 26.2 Å². The molecule has 6 nitrogen and oxygen atoms in total. The fraction of sp³-hybridized carbons (Fsp3) is 0.154. The predicted molar refractivity (Wildman–Crippen MR) is 124 cm³/mol. The Balaban J connectivity index is 1.90. The third-order valence-electron chi connectivity index (χ3n) is 6.14. The van der Waals surface area contributed by atoms with Crippen LogP contribution in [0.25, 0.3) is 39.4 Å². The number of aromatic nitrogens is 2. The summed E-state index contributed by atoms with van der Waals surface area (Å²) in [5.74, 6) is -2.83. The molecule has 0 atom stereocenters. The standard InChI is InChI=1S/C26H21FN2O4/c1-12(2)21-22(18-9-14(25(30)31)8-13-4-3-5-16(13)18)24(26(32)33)29-23(21)19-10-15(27)11-20-17(19)6-7-28-20/h3,5-12,28-29H,4H2,1-2H3,(H,30,31)(H,32,33). The molecule has 0 saturated carbocycles. The van der Waals surface area contributed by atoms with E-state index in [4.69, 9.17) is 0 Å². The first-order valence-electron chi connectivity index (χ1n) is 10.6. The average Bonchev–Trinajstić information content (AvgIpc) is 3.49. The summed E-state index contributed by atoms with van der Waals surface area (Å²) in [5, 5.41) is 20.5. The van der Waals surface area contributed by atoms with Crippen molar-refractivity contribution < 1.29 is 24.2 Å². The maximum atomic E-state index is 14.5. The molecule has 5 rings (SSSR count). The molecular weight excluding hydrogens is 423 g/mol. The second-order valence-corrected chi connectivity index (χ2v) is 8.52. The molecule has 0 aliphatic heterocycles. The molecule has 1 aliphatic carbocycles. The summed E-state index contributed by atoms with van der Waals surface area (Å²) in [6.07, 6.45) is 6.11. The van der Waals surface area contributed by atoms with Gasteiger partial charge in [0.2, 0.25) is 0 Å². The molecule has 2 heterocycles. The molecule has 0 radical (unpaired) electrons. The molecule has 2 aromatic carbocycles. The summed E-state index contributed by atoms with van der Waals surface area (Å²) in [6, 6.07) is 7.76. The zero-order chi connectivity index (χ0) is 23.4. The van der Waals surface area contributed by atoms with Crippen molar-refractivity contribution in [2.24, 2.45) is 0 Å². The normalized spacial score (nSPS) is 12.6. The van der Waals surface area contributed by atoms with Crippen LogP contribution in [0.5, 0.6) is 0 Å². The molecule has 4 aromatic rings. The average molecular weight is 444 g/mol. The summed E-state index contributed by atoms with van der Waals surface area (Å²) in [4.78, 5) is 30.2. The number of carbonyl (C=O) groups is 2. The van der Waals surface area contributed by atoms with Crippen LogP contribution in [0.2, 0.25) is 0 Å². The maximum absolute atomic E-state index is 14.5. The highest BCUT2D eigenvalue weighted by Crippen LogP contribution is 2.45. The molecule has 0 spiro atoms. The predicted octanol–water partition coefficient (Wildman–Crippen LogP) is 6.06. The third-order valence-corrected chi connectivity index (χ3v) is 6.14. The minimum Gasteiger partial charge on any atom is -0.478 e. The van der Waals surface area contributed by atoms with Gasteiger partial charge in [-0.05, 0) is 64.9 Å². The van der Waals surface area contributed by atoms with Crippen molar-refractivity contribution in [1.29, 1.82) is 0 Å². The highest BCUT2D eigenvalue weighted by Gasteiger charge is 2.29. The molecule has 33 heavy (non-hydrogen) atoms. The number of halogens is 1. The molecular formula is C26H21FN2O4. The Morgan fingerprint density at radius 2 is 1.85 bits per heavy atom. The Morgan fingerprint density at radius 1 is 1.06 bits per heavy atom. The van der Waals surface area contributed by atoms with Crippen LogP contribution in [-0.2, 0) is 6.42 Å². The molecule has 4 N–H and O–H groups in total. The lowest BCUT2D eigenvalue weighted by Gasteiger charge is -2.16. The minimum absolute atomic E-state index is 0.0494. The van der Waals surface area contributed by atoms with Crippen LogP contribution < -0.4 is 0 Å². The number of benzene rings is 2. The van der Waals surface area contributed by atoms with E-state index in [1.165, 1.54) is 18.2 Å². The van der Waals surface area contributed by atoms with Gasteiger partial charge in [-0.1, -0.05) is 26.0 Å². The highest BCUT2D eigenvalue weighted by atomic mass is 19.1. The number of hydrogen-bond acceptors (Lipinski definition) is 2. The highest BCUT2D eigenvalue weighted by molar-refractivity contribution is 6.04. The van der Waals surface area contributed by atoms with Gasteiger partial charge in [0, 0.05) is 28.2 Å². The monoisotopic (exact) mass is 444 g/mol. The number of H-pyrrole nitrogens is 2. The third kappa shape index (κ3) is 3.24. The van der Waals surface area contributed by atoms with Crippen LogP contribution in [0, 0.1) is 5.82 Å². The summed E-state index contributed by atoms with van der Waals surface area (Å²) >= 11 is 0.